The molecule has 2 N–H and O–H groups in total. The fourth-order valence-corrected chi connectivity index (χ4v) is 7.12. The van der Waals surface area contributed by atoms with Gasteiger partial charge in [-0.1, -0.05) is 35.9 Å². The number of hydrogen-bond acceptors (Lipinski definition) is 8. The summed E-state index contributed by atoms with van der Waals surface area (Å²) in [6.07, 6.45) is 0. The SMILES string of the molecule is COc1ccc(Cl)cc1C(=O)NC(C)c1cccc(-c2ccc3c(c2N2CCOCC2)NS3(=O)=O)c1N1CCOCC1. The van der Waals surface area contributed by atoms with Crippen molar-refractivity contribution < 1.29 is 27.4 Å². The van der Waals surface area contributed by atoms with Crippen molar-refractivity contribution in [1.82, 2.24) is 5.32 Å². The van der Waals surface area contributed by atoms with Crippen LogP contribution in [0.3, 0.4) is 0 Å². The fourth-order valence-electron chi connectivity index (χ4n) is 5.85. The second-order valence-corrected chi connectivity index (χ2v) is 12.5. The maximum absolute atomic E-state index is 13.4. The van der Waals surface area contributed by atoms with Crippen LogP contribution in [0.2, 0.25) is 5.02 Å². The molecule has 3 aromatic carbocycles. The highest BCUT2D eigenvalue weighted by Crippen LogP contribution is 2.50. The molecule has 0 bridgehead atoms. The first-order valence-corrected chi connectivity index (χ1v) is 15.8. The predicted octanol–water partition coefficient (Wildman–Crippen LogP) is 4.29. The number of halogens is 1. The highest BCUT2D eigenvalue weighted by atomic mass is 35.5. The molecule has 222 valence electrons. The van der Waals surface area contributed by atoms with Gasteiger partial charge in [-0.3, -0.25) is 9.52 Å². The van der Waals surface area contributed by atoms with Gasteiger partial charge in [0.1, 0.15) is 10.6 Å². The molecule has 6 rings (SSSR count). The number of benzene rings is 3. The number of carbonyl (C=O) groups is 1. The van der Waals surface area contributed by atoms with Gasteiger partial charge >= 0.3 is 0 Å². The third kappa shape index (κ3) is 5.26. The Morgan fingerprint density at radius 3 is 2.24 bits per heavy atom. The molecule has 1 atom stereocenters. The van der Waals surface area contributed by atoms with E-state index in [4.69, 9.17) is 25.8 Å². The molecule has 12 heteroatoms. The molecule has 2 saturated heterocycles. The second-order valence-electron chi connectivity index (χ2n) is 10.4. The molecule has 0 aromatic heterocycles. The van der Waals surface area contributed by atoms with E-state index in [2.05, 4.69) is 25.9 Å². The molecule has 0 aliphatic carbocycles. The predicted molar refractivity (Wildman–Crippen MR) is 163 cm³/mol. The molecule has 3 aliphatic heterocycles. The third-order valence-corrected chi connectivity index (χ3v) is 9.53. The summed E-state index contributed by atoms with van der Waals surface area (Å²) in [5.41, 5.74) is 5.58. The maximum atomic E-state index is 13.4. The van der Waals surface area contributed by atoms with Gasteiger partial charge in [-0.15, -0.1) is 0 Å². The number of fused-ring (bicyclic) bond motifs is 1. The van der Waals surface area contributed by atoms with Crippen LogP contribution < -0.4 is 24.6 Å². The van der Waals surface area contributed by atoms with E-state index < -0.39 is 10.0 Å². The Morgan fingerprint density at radius 2 is 1.60 bits per heavy atom. The number of nitrogens with zero attached hydrogens (tertiary/aromatic N) is 2. The second kappa shape index (κ2) is 11.6. The van der Waals surface area contributed by atoms with Crippen LogP contribution in [0, 0.1) is 0 Å². The zero-order valence-corrected chi connectivity index (χ0v) is 25.1. The van der Waals surface area contributed by atoms with Crippen molar-refractivity contribution in [2.24, 2.45) is 0 Å². The summed E-state index contributed by atoms with van der Waals surface area (Å²) in [4.78, 5) is 18.2. The lowest BCUT2D eigenvalue weighted by molar-refractivity contribution is 0.0936. The zero-order valence-electron chi connectivity index (χ0n) is 23.5. The number of sulfonamides is 1. The lowest BCUT2D eigenvalue weighted by atomic mass is 9.93. The Bertz CT molecular complexity index is 1620. The minimum absolute atomic E-state index is 0.299. The van der Waals surface area contributed by atoms with Gasteiger partial charge in [0.25, 0.3) is 15.9 Å². The Morgan fingerprint density at radius 1 is 0.952 bits per heavy atom. The fraction of sp³-hybridized carbons (Fsp3) is 0.367. The Balaban J connectivity index is 1.46. The number of amides is 1. The van der Waals surface area contributed by atoms with Crippen LogP contribution in [-0.4, -0.2) is 74.0 Å². The van der Waals surface area contributed by atoms with Gasteiger partial charge in [0, 0.05) is 42.3 Å². The number of nitrogens with one attached hydrogen (secondary N) is 2. The van der Waals surface area contributed by atoms with E-state index in [1.807, 2.05) is 25.1 Å². The summed E-state index contributed by atoms with van der Waals surface area (Å²) in [5, 5.41) is 3.58. The molecular weight excluding hydrogens is 580 g/mol. The van der Waals surface area contributed by atoms with Crippen molar-refractivity contribution in [2.75, 3.05) is 74.2 Å². The van der Waals surface area contributed by atoms with Crippen molar-refractivity contribution in [2.45, 2.75) is 17.9 Å². The van der Waals surface area contributed by atoms with Gasteiger partial charge in [-0.2, -0.15) is 0 Å². The molecular formula is C30H33ClN4O6S. The van der Waals surface area contributed by atoms with Crippen molar-refractivity contribution >= 4 is 44.6 Å². The zero-order chi connectivity index (χ0) is 29.4. The number of rotatable bonds is 7. The first-order valence-electron chi connectivity index (χ1n) is 13.9. The summed E-state index contributed by atoms with van der Waals surface area (Å²) in [6.45, 7) is 6.87. The molecule has 42 heavy (non-hydrogen) atoms. The number of para-hydroxylation sites is 1. The summed E-state index contributed by atoms with van der Waals surface area (Å²) >= 11 is 6.20. The summed E-state index contributed by atoms with van der Waals surface area (Å²) in [5.74, 6) is 0.135. The number of methoxy groups -OCH3 is 1. The van der Waals surface area contributed by atoms with Gasteiger partial charge in [0.05, 0.1) is 62.2 Å². The van der Waals surface area contributed by atoms with Crippen LogP contribution in [0.1, 0.15) is 28.9 Å². The Labute approximate surface area is 250 Å². The summed E-state index contributed by atoms with van der Waals surface area (Å²) < 4.78 is 44.4. The number of hydrogen-bond donors (Lipinski definition) is 2. The van der Waals surface area contributed by atoms with Gasteiger partial charge < -0.3 is 29.3 Å². The van der Waals surface area contributed by atoms with Crippen LogP contribution in [-0.2, 0) is 19.5 Å². The van der Waals surface area contributed by atoms with E-state index in [-0.39, 0.29) is 11.9 Å². The Hall–Kier alpha value is -3.51. The standard InChI is InChI=1S/C30H33ClN4O6S/c1-19(32-30(36)24-18-20(31)6-8-25(24)39-2)21-4-3-5-22(28(21)34-10-14-40-15-11-34)23-7-9-26-27(33-42(26,37)38)29(23)35-12-16-41-17-13-35/h3-9,18-19,33H,10-17H2,1-2H3,(H,32,36). The number of carbonyl (C=O) groups excluding carboxylic acids is 1. The van der Waals surface area contributed by atoms with Crippen molar-refractivity contribution in [1.29, 1.82) is 0 Å². The number of anilines is 3. The van der Waals surface area contributed by atoms with E-state index in [0.717, 1.165) is 28.1 Å². The number of morpholine rings is 2. The van der Waals surface area contributed by atoms with Crippen LogP contribution in [0.4, 0.5) is 17.1 Å². The average molecular weight is 613 g/mol. The maximum Gasteiger partial charge on any atom is 0.264 e. The highest BCUT2D eigenvalue weighted by Gasteiger charge is 2.37. The van der Waals surface area contributed by atoms with Crippen LogP contribution in [0.15, 0.2) is 53.4 Å². The number of ether oxygens (including phenoxy) is 3. The molecule has 3 aromatic rings. The van der Waals surface area contributed by atoms with E-state index in [9.17, 15) is 13.2 Å². The average Bonchev–Trinajstić information content (AvgIpc) is 3.00. The topological polar surface area (TPSA) is 109 Å². The van der Waals surface area contributed by atoms with Gasteiger partial charge in [0.15, 0.2) is 0 Å². The third-order valence-electron chi connectivity index (χ3n) is 7.90. The van der Waals surface area contributed by atoms with Gasteiger partial charge in [-0.05, 0) is 36.8 Å². The monoisotopic (exact) mass is 612 g/mol. The lowest BCUT2D eigenvalue weighted by Gasteiger charge is -2.38. The summed E-state index contributed by atoms with van der Waals surface area (Å²) in [7, 11) is -1.99. The Kier molecular flexibility index (Phi) is 7.93. The molecule has 3 heterocycles. The summed E-state index contributed by atoms with van der Waals surface area (Å²) in [6, 6.07) is 14.2. The first-order chi connectivity index (χ1) is 20.3. The van der Waals surface area contributed by atoms with Crippen molar-refractivity contribution in [3.63, 3.8) is 0 Å². The van der Waals surface area contributed by atoms with E-state index in [0.29, 0.717) is 79.5 Å². The molecule has 3 aliphatic rings. The lowest BCUT2D eigenvalue weighted by Crippen LogP contribution is -2.39. The van der Waals surface area contributed by atoms with Crippen LogP contribution in [0.5, 0.6) is 5.75 Å². The first kappa shape index (κ1) is 28.6. The minimum Gasteiger partial charge on any atom is -0.496 e. The van der Waals surface area contributed by atoms with E-state index >= 15 is 0 Å². The molecule has 1 amide bonds. The van der Waals surface area contributed by atoms with Crippen LogP contribution in [0.25, 0.3) is 11.1 Å². The van der Waals surface area contributed by atoms with Gasteiger partial charge in [-0.25, -0.2) is 8.42 Å². The molecule has 0 radical (unpaired) electrons. The molecule has 0 spiro atoms. The largest absolute Gasteiger partial charge is 0.496 e. The minimum atomic E-state index is -3.50. The van der Waals surface area contributed by atoms with Crippen molar-refractivity contribution in [3.8, 4) is 16.9 Å². The normalized spacial score (nSPS) is 18.4. The smallest absolute Gasteiger partial charge is 0.264 e. The van der Waals surface area contributed by atoms with Crippen LogP contribution >= 0.6 is 11.6 Å². The van der Waals surface area contributed by atoms with E-state index in [1.165, 1.54) is 7.11 Å². The molecule has 10 nitrogen and oxygen atoms in total. The van der Waals surface area contributed by atoms with E-state index in [1.54, 1.807) is 24.3 Å². The molecule has 1 unspecified atom stereocenters. The molecule has 0 saturated carbocycles. The van der Waals surface area contributed by atoms with Gasteiger partial charge in [0.2, 0.25) is 0 Å². The quantitative estimate of drug-likeness (QED) is 0.407. The highest BCUT2D eigenvalue weighted by molar-refractivity contribution is 7.94. The van der Waals surface area contributed by atoms with Crippen molar-refractivity contribution in [3.05, 3.63) is 64.7 Å². The molecule has 2 fully saturated rings.